The minimum Gasteiger partial charge on any atom is -0.352 e. The van der Waals surface area contributed by atoms with Crippen molar-refractivity contribution in [2.24, 2.45) is 5.92 Å². The average molecular weight is 554 g/mol. The first kappa shape index (κ1) is 25.5. The number of anilines is 3. The number of halogens is 3. The van der Waals surface area contributed by atoms with Gasteiger partial charge in [-0.05, 0) is 51.7 Å². The molecule has 3 saturated heterocycles. The Labute approximate surface area is 229 Å². The van der Waals surface area contributed by atoms with E-state index in [9.17, 15) is 23.2 Å². The van der Waals surface area contributed by atoms with Crippen LogP contribution >= 0.6 is 0 Å². The third-order valence-corrected chi connectivity index (χ3v) is 9.71. The zero-order valence-corrected chi connectivity index (χ0v) is 22.4. The highest BCUT2D eigenvalue weighted by molar-refractivity contribution is 5.88. The van der Waals surface area contributed by atoms with Crippen LogP contribution in [0.3, 0.4) is 0 Å². The second-order valence-electron chi connectivity index (χ2n) is 12.2. The van der Waals surface area contributed by atoms with Gasteiger partial charge in [-0.25, -0.2) is 15.0 Å². The maximum absolute atomic E-state index is 13.6. The molecule has 0 unspecified atom stereocenters. The molecule has 2 bridgehead atoms. The summed E-state index contributed by atoms with van der Waals surface area (Å²) >= 11 is 0. The van der Waals surface area contributed by atoms with E-state index < -0.39 is 23.8 Å². The van der Waals surface area contributed by atoms with Gasteiger partial charge >= 0.3 is 6.18 Å². The lowest BCUT2D eigenvalue weighted by Gasteiger charge is -2.49. The maximum Gasteiger partial charge on any atom is 0.414 e. The average Bonchev–Trinajstić information content (AvgIpc) is 3.58. The third kappa shape index (κ3) is 3.56. The van der Waals surface area contributed by atoms with Gasteiger partial charge in [-0.2, -0.15) is 18.4 Å². The first-order chi connectivity index (χ1) is 19.1. The molecule has 210 valence electrons. The van der Waals surface area contributed by atoms with Gasteiger partial charge < -0.3 is 19.4 Å². The lowest BCUT2D eigenvalue weighted by molar-refractivity contribution is -0.218. The molecule has 2 aliphatic carbocycles. The van der Waals surface area contributed by atoms with E-state index in [2.05, 4.69) is 25.8 Å². The first-order valence-corrected chi connectivity index (χ1v) is 13.9. The number of piperazine rings is 1. The van der Waals surface area contributed by atoms with E-state index >= 15 is 0 Å². The molecule has 6 heterocycles. The molecular formula is C28H30F3N7O2. The van der Waals surface area contributed by atoms with Gasteiger partial charge in [-0.3, -0.25) is 4.79 Å². The fourth-order valence-electron chi connectivity index (χ4n) is 7.52. The van der Waals surface area contributed by atoms with Crippen molar-refractivity contribution in [2.45, 2.75) is 81.3 Å². The van der Waals surface area contributed by atoms with Crippen molar-refractivity contribution in [3.63, 3.8) is 0 Å². The summed E-state index contributed by atoms with van der Waals surface area (Å²) in [7, 11) is 0. The van der Waals surface area contributed by atoms with Crippen LogP contribution in [0, 0.1) is 17.2 Å². The molecule has 1 amide bonds. The number of fused-ring (bicyclic) bond motifs is 3. The van der Waals surface area contributed by atoms with Crippen molar-refractivity contribution in [3.05, 3.63) is 35.8 Å². The summed E-state index contributed by atoms with van der Waals surface area (Å²) in [6, 6.07) is 5.29. The van der Waals surface area contributed by atoms with Crippen LogP contribution in [0.4, 0.5) is 30.6 Å². The first-order valence-electron chi connectivity index (χ1n) is 13.9. The lowest BCUT2D eigenvalue weighted by Crippen LogP contribution is -2.64. The second kappa shape index (κ2) is 8.52. The minimum atomic E-state index is -4.45. The predicted octanol–water partition coefficient (Wildman–Crippen LogP) is 3.85. The molecule has 1 spiro atoms. The van der Waals surface area contributed by atoms with Gasteiger partial charge in [0.05, 0.1) is 11.6 Å². The van der Waals surface area contributed by atoms with E-state index in [0.717, 1.165) is 36.5 Å². The number of carbonyl (C=O) groups is 1. The second-order valence-corrected chi connectivity index (χ2v) is 12.2. The summed E-state index contributed by atoms with van der Waals surface area (Å²) in [6.07, 6.45) is 0.256. The molecule has 5 fully saturated rings. The number of alkyl halides is 3. The fourth-order valence-corrected chi connectivity index (χ4v) is 7.52. The van der Waals surface area contributed by atoms with Gasteiger partial charge in [0.25, 0.3) is 5.91 Å². The van der Waals surface area contributed by atoms with Crippen LogP contribution in [0.15, 0.2) is 24.7 Å². The molecule has 3 atom stereocenters. The summed E-state index contributed by atoms with van der Waals surface area (Å²) in [6.45, 7) is 5.53. The monoisotopic (exact) mass is 553 g/mol. The van der Waals surface area contributed by atoms with Crippen LogP contribution in [-0.2, 0) is 14.9 Å². The highest BCUT2D eigenvalue weighted by Crippen LogP contribution is 2.58. The number of hydrogen-bond acceptors (Lipinski definition) is 8. The molecule has 0 aromatic carbocycles. The van der Waals surface area contributed by atoms with Crippen molar-refractivity contribution in [1.29, 1.82) is 5.26 Å². The molecule has 40 heavy (non-hydrogen) atoms. The SMILES string of the molecule is C[C@@H]1CN(c2ncnc3c2C2(CCC2)CN3c2cc(C#N)ccn2)[C@@H](C)CN1C(=O)C12CC(C1)[C@@H](C(F)(F)F)O2. The quantitative estimate of drug-likeness (QED) is 0.566. The van der Waals surface area contributed by atoms with Crippen molar-refractivity contribution in [1.82, 2.24) is 19.9 Å². The van der Waals surface area contributed by atoms with Gasteiger partial charge in [0.1, 0.15) is 29.4 Å². The van der Waals surface area contributed by atoms with Crippen LogP contribution < -0.4 is 9.80 Å². The predicted molar refractivity (Wildman–Crippen MR) is 138 cm³/mol. The van der Waals surface area contributed by atoms with Crippen LogP contribution in [0.5, 0.6) is 0 Å². The highest BCUT2D eigenvalue weighted by Gasteiger charge is 2.69. The smallest absolute Gasteiger partial charge is 0.352 e. The summed E-state index contributed by atoms with van der Waals surface area (Å²) in [5.41, 5.74) is 0.148. The molecule has 6 aliphatic rings. The number of carbonyl (C=O) groups excluding carboxylic acids is 1. The van der Waals surface area contributed by atoms with Crippen LogP contribution in [0.1, 0.15) is 57.1 Å². The summed E-state index contributed by atoms with van der Waals surface area (Å²) in [4.78, 5) is 33.6. The number of aromatic nitrogens is 3. The van der Waals surface area contributed by atoms with E-state index in [0.29, 0.717) is 31.0 Å². The Morgan fingerprint density at radius 2 is 1.88 bits per heavy atom. The van der Waals surface area contributed by atoms with Crippen molar-refractivity contribution in [2.75, 3.05) is 29.4 Å². The molecule has 0 radical (unpaired) electrons. The Morgan fingerprint density at radius 3 is 2.52 bits per heavy atom. The summed E-state index contributed by atoms with van der Waals surface area (Å²) in [5, 5.41) is 9.41. The van der Waals surface area contributed by atoms with Gasteiger partial charge in [-0.1, -0.05) is 6.42 Å². The van der Waals surface area contributed by atoms with Gasteiger partial charge in [0.2, 0.25) is 0 Å². The molecule has 2 aromatic heterocycles. The zero-order valence-electron chi connectivity index (χ0n) is 22.4. The number of amides is 1. The molecule has 9 nitrogen and oxygen atoms in total. The zero-order chi connectivity index (χ0) is 28.0. The molecule has 12 heteroatoms. The fraction of sp³-hybridized carbons (Fsp3) is 0.607. The van der Waals surface area contributed by atoms with Crippen molar-refractivity contribution in [3.8, 4) is 6.07 Å². The normalized spacial score (nSPS) is 31.9. The molecule has 8 rings (SSSR count). The maximum atomic E-state index is 13.6. The summed E-state index contributed by atoms with van der Waals surface area (Å²) < 4.78 is 45.5. The topological polar surface area (TPSA) is 98.5 Å². The van der Waals surface area contributed by atoms with Crippen LogP contribution in [0.2, 0.25) is 0 Å². The number of ether oxygens (including phenoxy) is 1. The number of nitrogens with zero attached hydrogens (tertiary/aromatic N) is 7. The molecule has 0 N–H and O–H groups in total. The van der Waals surface area contributed by atoms with E-state index in [1.54, 1.807) is 29.6 Å². The minimum absolute atomic E-state index is 0.113. The van der Waals surface area contributed by atoms with Crippen molar-refractivity contribution < 1.29 is 22.7 Å². The van der Waals surface area contributed by atoms with Crippen molar-refractivity contribution >= 4 is 23.4 Å². The molecule has 2 saturated carbocycles. The van der Waals surface area contributed by atoms with Gasteiger partial charge in [0, 0.05) is 54.8 Å². The molecular weight excluding hydrogens is 523 g/mol. The molecule has 4 aliphatic heterocycles. The number of pyridine rings is 1. The van der Waals surface area contributed by atoms with Gasteiger partial charge in [-0.15, -0.1) is 0 Å². The number of hydrogen-bond donors (Lipinski definition) is 0. The van der Waals surface area contributed by atoms with Crippen LogP contribution in [-0.4, -0.2) is 75.4 Å². The third-order valence-electron chi connectivity index (χ3n) is 9.71. The van der Waals surface area contributed by atoms with E-state index in [1.165, 1.54) is 0 Å². The Hall–Kier alpha value is -3.46. The van der Waals surface area contributed by atoms with E-state index in [-0.39, 0.29) is 36.2 Å². The van der Waals surface area contributed by atoms with Gasteiger partial charge in [0.15, 0.2) is 6.10 Å². The Bertz CT molecular complexity index is 1420. The van der Waals surface area contributed by atoms with E-state index in [4.69, 9.17) is 9.72 Å². The summed E-state index contributed by atoms with van der Waals surface area (Å²) in [5.74, 6) is 1.35. The standard InChI is InChI=1S/C28H30F3N7O2/c1-16-13-37(25(39)27-9-19(10-27)22(40-27)28(29,30)31)17(2)12-36(16)23-21-24(35-15-34-23)38(14-26(21)5-3-6-26)20-8-18(11-32)4-7-33-20/h4,7-8,15-17,19,22H,3,5-6,9-10,12-14H2,1-2H3/t16-,17+,19?,22-,27?/m0/s1. The number of rotatable bonds is 3. The van der Waals surface area contributed by atoms with E-state index in [1.807, 2.05) is 13.8 Å². The largest absolute Gasteiger partial charge is 0.414 e. The Morgan fingerprint density at radius 1 is 1.12 bits per heavy atom. The highest BCUT2D eigenvalue weighted by atomic mass is 19.4. The molecule has 2 aromatic rings. The Balaban J connectivity index is 1.17. The number of nitriles is 1. The van der Waals surface area contributed by atoms with Crippen LogP contribution in [0.25, 0.3) is 0 Å². The Kier molecular flexibility index (Phi) is 5.43. The lowest BCUT2D eigenvalue weighted by atomic mass is 9.66.